The van der Waals surface area contributed by atoms with Gasteiger partial charge in [-0.1, -0.05) is 0 Å². The van der Waals surface area contributed by atoms with Crippen molar-refractivity contribution in [3.63, 3.8) is 0 Å². The van der Waals surface area contributed by atoms with Crippen molar-refractivity contribution in [2.24, 2.45) is 0 Å². The van der Waals surface area contributed by atoms with Gasteiger partial charge in [-0.2, -0.15) is 0 Å². The number of anilines is 1. The summed E-state index contributed by atoms with van der Waals surface area (Å²) >= 11 is 7.64. The van der Waals surface area contributed by atoms with E-state index >= 15 is 0 Å². The van der Waals surface area contributed by atoms with Gasteiger partial charge in [0.1, 0.15) is 16.5 Å². The molecule has 0 spiro atoms. The number of rotatable bonds is 4. The first-order valence-electron chi connectivity index (χ1n) is 6.19. The minimum Gasteiger partial charge on any atom is -0.448 e. The van der Waals surface area contributed by atoms with E-state index in [9.17, 15) is 18.4 Å². The van der Waals surface area contributed by atoms with E-state index in [4.69, 9.17) is 4.74 Å². The molecule has 0 aliphatic rings. The van der Waals surface area contributed by atoms with E-state index in [0.29, 0.717) is 15.4 Å². The minimum absolute atomic E-state index is 0.194. The average Bonchev–Trinajstić information content (AvgIpc) is 2.81. The SMILES string of the molecule is CC(OC(=O)c1cc(Br)c(Br)s1)C(=O)Nc1ccc(F)cc1F. The molecule has 23 heavy (non-hydrogen) atoms. The third-order valence-electron chi connectivity index (χ3n) is 2.69. The van der Waals surface area contributed by atoms with Crippen LogP contribution in [0.3, 0.4) is 0 Å². The molecule has 2 rings (SSSR count). The summed E-state index contributed by atoms with van der Waals surface area (Å²) in [6, 6.07) is 4.30. The van der Waals surface area contributed by atoms with Crippen LogP contribution in [-0.2, 0) is 9.53 Å². The maximum absolute atomic E-state index is 13.5. The van der Waals surface area contributed by atoms with Gasteiger partial charge in [0, 0.05) is 10.5 Å². The van der Waals surface area contributed by atoms with Gasteiger partial charge in [0.15, 0.2) is 6.10 Å². The summed E-state index contributed by atoms with van der Waals surface area (Å²) in [7, 11) is 0. The molecule has 1 N–H and O–H groups in total. The van der Waals surface area contributed by atoms with Crippen LogP contribution in [0.2, 0.25) is 0 Å². The number of carbonyl (C=O) groups is 2. The van der Waals surface area contributed by atoms with Gasteiger partial charge in [-0.3, -0.25) is 4.79 Å². The van der Waals surface area contributed by atoms with Crippen LogP contribution in [0.15, 0.2) is 32.5 Å². The van der Waals surface area contributed by atoms with E-state index in [-0.39, 0.29) is 5.69 Å². The highest BCUT2D eigenvalue weighted by molar-refractivity contribution is 9.13. The lowest BCUT2D eigenvalue weighted by atomic mass is 10.2. The van der Waals surface area contributed by atoms with Gasteiger partial charge in [-0.25, -0.2) is 13.6 Å². The normalized spacial score (nSPS) is 11.9. The maximum Gasteiger partial charge on any atom is 0.349 e. The van der Waals surface area contributed by atoms with Crippen LogP contribution >= 0.6 is 43.2 Å². The zero-order chi connectivity index (χ0) is 17.1. The van der Waals surface area contributed by atoms with Crippen LogP contribution in [0.25, 0.3) is 0 Å². The second-order valence-corrected chi connectivity index (χ2v) is 7.62. The molecule has 0 bridgehead atoms. The van der Waals surface area contributed by atoms with Crippen molar-refractivity contribution in [1.82, 2.24) is 0 Å². The standard InChI is InChI=1S/C14H9Br2F2NO3S/c1-6(22-14(21)11-5-8(15)12(16)23-11)13(20)19-10-3-2-7(17)4-9(10)18/h2-6H,1H3,(H,19,20). The van der Waals surface area contributed by atoms with Crippen LogP contribution in [0, 0.1) is 11.6 Å². The predicted octanol–water partition coefficient (Wildman–Crippen LogP) is 4.74. The van der Waals surface area contributed by atoms with Gasteiger partial charge in [0.25, 0.3) is 5.91 Å². The highest BCUT2D eigenvalue weighted by Gasteiger charge is 2.22. The first-order chi connectivity index (χ1) is 10.8. The third-order valence-corrected chi connectivity index (χ3v) is 5.92. The van der Waals surface area contributed by atoms with Gasteiger partial charge >= 0.3 is 5.97 Å². The second-order valence-electron chi connectivity index (χ2n) is 4.39. The Balaban J connectivity index is 2.00. The van der Waals surface area contributed by atoms with Crippen molar-refractivity contribution >= 4 is 60.8 Å². The number of hydrogen-bond acceptors (Lipinski definition) is 4. The largest absolute Gasteiger partial charge is 0.448 e. The fourth-order valence-electron chi connectivity index (χ4n) is 1.54. The molecule has 4 nitrogen and oxygen atoms in total. The summed E-state index contributed by atoms with van der Waals surface area (Å²) < 4.78 is 32.7. The molecule has 9 heteroatoms. The van der Waals surface area contributed by atoms with Crippen molar-refractivity contribution in [2.45, 2.75) is 13.0 Å². The number of carbonyl (C=O) groups excluding carboxylic acids is 2. The van der Waals surface area contributed by atoms with E-state index in [0.717, 1.165) is 27.3 Å². The number of nitrogens with one attached hydrogen (secondary N) is 1. The lowest BCUT2D eigenvalue weighted by Gasteiger charge is -2.13. The Labute approximate surface area is 151 Å². The number of benzene rings is 1. The van der Waals surface area contributed by atoms with Crippen molar-refractivity contribution in [1.29, 1.82) is 0 Å². The zero-order valence-electron chi connectivity index (χ0n) is 11.5. The Bertz CT molecular complexity index is 747. The second kappa shape index (κ2) is 7.50. The highest BCUT2D eigenvalue weighted by Crippen LogP contribution is 2.32. The van der Waals surface area contributed by atoms with Crippen LogP contribution in [0.5, 0.6) is 0 Å². The Hall–Kier alpha value is -1.32. The van der Waals surface area contributed by atoms with Crippen molar-refractivity contribution < 1.29 is 23.1 Å². The topological polar surface area (TPSA) is 55.4 Å². The lowest BCUT2D eigenvalue weighted by Crippen LogP contribution is -2.30. The monoisotopic (exact) mass is 467 g/mol. The fourth-order valence-corrected chi connectivity index (χ4v) is 3.46. The molecule has 0 fully saturated rings. The summed E-state index contributed by atoms with van der Waals surface area (Å²) in [5, 5.41) is 2.24. The summed E-state index contributed by atoms with van der Waals surface area (Å²) in [6.07, 6.45) is -1.15. The van der Waals surface area contributed by atoms with Crippen LogP contribution in [-0.4, -0.2) is 18.0 Å². The molecular weight excluding hydrogens is 460 g/mol. The van der Waals surface area contributed by atoms with Crippen molar-refractivity contribution in [2.75, 3.05) is 5.32 Å². The van der Waals surface area contributed by atoms with E-state index < -0.39 is 29.6 Å². The van der Waals surface area contributed by atoms with Crippen molar-refractivity contribution in [3.8, 4) is 0 Å². The molecule has 1 aromatic heterocycles. The first kappa shape index (κ1) is 18.0. The number of ether oxygens (including phenoxy) is 1. The lowest BCUT2D eigenvalue weighted by molar-refractivity contribution is -0.123. The molecule has 0 aliphatic heterocycles. The number of esters is 1. The Morgan fingerprint density at radius 3 is 2.52 bits per heavy atom. The summed E-state index contributed by atoms with van der Waals surface area (Å²) in [6.45, 7) is 1.35. The molecule has 1 amide bonds. The number of hydrogen-bond donors (Lipinski definition) is 1. The highest BCUT2D eigenvalue weighted by atomic mass is 79.9. The summed E-state index contributed by atoms with van der Waals surface area (Å²) in [5.74, 6) is -3.07. The Morgan fingerprint density at radius 2 is 1.96 bits per heavy atom. The molecule has 0 saturated carbocycles. The molecule has 2 aromatic rings. The Kier molecular flexibility index (Phi) is 5.88. The summed E-state index contributed by atoms with van der Waals surface area (Å²) in [5.41, 5.74) is -0.194. The number of thiophene rings is 1. The number of amides is 1. The molecule has 1 unspecified atom stereocenters. The van der Waals surface area contributed by atoms with Gasteiger partial charge in [-0.15, -0.1) is 11.3 Å². The molecule has 1 atom stereocenters. The van der Waals surface area contributed by atoms with Gasteiger partial charge < -0.3 is 10.1 Å². The van der Waals surface area contributed by atoms with E-state index in [1.54, 1.807) is 6.07 Å². The van der Waals surface area contributed by atoms with Crippen LogP contribution in [0.4, 0.5) is 14.5 Å². The molecule has 0 radical (unpaired) electrons. The predicted molar refractivity (Wildman–Crippen MR) is 89.6 cm³/mol. The van der Waals surface area contributed by atoms with E-state index in [1.165, 1.54) is 6.92 Å². The van der Waals surface area contributed by atoms with E-state index in [1.807, 2.05) is 0 Å². The molecule has 122 valence electrons. The maximum atomic E-state index is 13.5. The van der Waals surface area contributed by atoms with Gasteiger partial charge in [0.05, 0.1) is 9.47 Å². The minimum atomic E-state index is -1.15. The van der Waals surface area contributed by atoms with E-state index in [2.05, 4.69) is 37.2 Å². The van der Waals surface area contributed by atoms with Crippen LogP contribution < -0.4 is 5.32 Å². The first-order valence-corrected chi connectivity index (χ1v) is 8.60. The molecule has 0 aliphatic carbocycles. The molecule has 0 saturated heterocycles. The quantitative estimate of drug-likeness (QED) is 0.659. The van der Waals surface area contributed by atoms with Gasteiger partial charge in [0.2, 0.25) is 0 Å². The summed E-state index contributed by atoms with van der Waals surface area (Å²) in [4.78, 5) is 24.2. The smallest absolute Gasteiger partial charge is 0.349 e. The number of halogens is 4. The average molecular weight is 469 g/mol. The fraction of sp³-hybridized carbons (Fsp3) is 0.143. The zero-order valence-corrected chi connectivity index (χ0v) is 15.5. The molecule has 1 aromatic carbocycles. The molecule has 1 heterocycles. The Morgan fingerprint density at radius 1 is 1.26 bits per heavy atom. The van der Waals surface area contributed by atoms with Gasteiger partial charge in [-0.05, 0) is 57.0 Å². The molecular formula is C14H9Br2F2NO3S. The third kappa shape index (κ3) is 4.58. The van der Waals surface area contributed by atoms with Crippen molar-refractivity contribution in [3.05, 3.63) is 49.0 Å². The van der Waals surface area contributed by atoms with Crippen LogP contribution in [0.1, 0.15) is 16.6 Å².